The van der Waals surface area contributed by atoms with Gasteiger partial charge < -0.3 is 26.0 Å². The SMILES string of the molecule is C=C/C(=C\C=C\CNC(=O)C(CCC(=O)NCC#CC)SC1NC(=O)NCC1C)OC. The summed E-state index contributed by atoms with van der Waals surface area (Å²) in [7, 11) is 1.55. The summed E-state index contributed by atoms with van der Waals surface area (Å²) in [6, 6.07) is -0.253. The van der Waals surface area contributed by atoms with Gasteiger partial charge in [-0.05, 0) is 25.5 Å². The highest BCUT2D eigenvalue weighted by Gasteiger charge is 2.31. The van der Waals surface area contributed by atoms with E-state index in [9.17, 15) is 14.4 Å². The van der Waals surface area contributed by atoms with E-state index in [0.717, 1.165) is 0 Å². The van der Waals surface area contributed by atoms with Crippen LogP contribution >= 0.6 is 11.8 Å². The van der Waals surface area contributed by atoms with Crippen molar-refractivity contribution in [2.24, 2.45) is 5.92 Å². The van der Waals surface area contributed by atoms with Gasteiger partial charge in [-0.1, -0.05) is 31.6 Å². The normalized spacial score (nSPS) is 19.3. The van der Waals surface area contributed by atoms with Gasteiger partial charge in [0, 0.05) is 25.4 Å². The summed E-state index contributed by atoms with van der Waals surface area (Å²) in [5, 5.41) is 10.5. The molecule has 4 amide bonds. The van der Waals surface area contributed by atoms with Gasteiger partial charge in [-0.25, -0.2) is 4.79 Å². The van der Waals surface area contributed by atoms with E-state index < -0.39 is 5.25 Å². The lowest BCUT2D eigenvalue weighted by molar-refractivity contribution is -0.121. The van der Waals surface area contributed by atoms with E-state index >= 15 is 0 Å². The minimum atomic E-state index is -0.486. The number of carbonyl (C=O) groups is 3. The Kier molecular flexibility index (Phi) is 12.7. The van der Waals surface area contributed by atoms with E-state index in [1.165, 1.54) is 11.8 Å². The smallest absolute Gasteiger partial charge is 0.315 e. The zero-order chi connectivity index (χ0) is 23.1. The Morgan fingerprint density at radius 2 is 2.19 bits per heavy atom. The highest BCUT2D eigenvalue weighted by atomic mass is 32.2. The molecule has 0 aromatic heterocycles. The van der Waals surface area contributed by atoms with Crippen molar-refractivity contribution >= 4 is 29.6 Å². The Morgan fingerprint density at radius 1 is 1.42 bits per heavy atom. The van der Waals surface area contributed by atoms with Crippen molar-refractivity contribution in [2.45, 2.75) is 37.3 Å². The van der Waals surface area contributed by atoms with Gasteiger partial charge in [0.2, 0.25) is 11.8 Å². The second-order valence-corrected chi connectivity index (χ2v) is 8.12. The third kappa shape index (κ3) is 10.6. The molecule has 1 rings (SSSR count). The minimum absolute atomic E-state index is 0.142. The lowest BCUT2D eigenvalue weighted by Gasteiger charge is -2.32. The van der Waals surface area contributed by atoms with Crippen LogP contribution in [-0.2, 0) is 14.3 Å². The van der Waals surface area contributed by atoms with Crippen molar-refractivity contribution in [1.82, 2.24) is 21.3 Å². The summed E-state index contributed by atoms with van der Waals surface area (Å²) in [6.45, 7) is 8.48. The van der Waals surface area contributed by atoms with Crippen LogP contribution in [0.25, 0.3) is 0 Å². The number of hydrogen-bond acceptors (Lipinski definition) is 5. The average molecular weight is 449 g/mol. The van der Waals surface area contributed by atoms with Crippen molar-refractivity contribution in [1.29, 1.82) is 0 Å². The van der Waals surface area contributed by atoms with Crippen molar-refractivity contribution in [2.75, 3.05) is 26.7 Å². The van der Waals surface area contributed by atoms with E-state index in [4.69, 9.17) is 4.74 Å². The number of thioether (sulfide) groups is 1. The number of amides is 4. The molecule has 1 heterocycles. The first-order chi connectivity index (χ1) is 14.9. The molecule has 0 aromatic rings. The van der Waals surface area contributed by atoms with Gasteiger partial charge in [-0.2, -0.15) is 0 Å². The molecule has 3 unspecified atom stereocenters. The summed E-state index contributed by atoms with van der Waals surface area (Å²) in [5.74, 6) is 5.90. The molecular formula is C22H32N4O4S. The Morgan fingerprint density at radius 3 is 2.87 bits per heavy atom. The van der Waals surface area contributed by atoms with Crippen LogP contribution in [-0.4, -0.2) is 55.2 Å². The lowest BCUT2D eigenvalue weighted by atomic mass is 10.1. The molecule has 0 aliphatic carbocycles. The number of ether oxygens (including phenoxy) is 1. The van der Waals surface area contributed by atoms with Crippen LogP contribution < -0.4 is 21.3 Å². The third-order valence-corrected chi connectivity index (χ3v) is 6.04. The van der Waals surface area contributed by atoms with Crippen LogP contribution in [0.1, 0.15) is 26.7 Å². The Bertz CT molecular complexity index is 754. The van der Waals surface area contributed by atoms with Gasteiger partial charge in [0.15, 0.2) is 0 Å². The predicted octanol–water partition coefficient (Wildman–Crippen LogP) is 1.67. The third-order valence-electron chi connectivity index (χ3n) is 4.39. The molecule has 1 fully saturated rings. The van der Waals surface area contributed by atoms with Crippen LogP contribution in [0.3, 0.4) is 0 Å². The van der Waals surface area contributed by atoms with Crippen LogP contribution in [0, 0.1) is 17.8 Å². The summed E-state index contributed by atoms with van der Waals surface area (Å²) in [4.78, 5) is 36.5. The summed E-state index contributed by atoms with van der Waals surface area (Å²) >= 11 is 1.37. The molecule has 8 nitrogen and oxygen atoms in total. The molecule has 4 N–H and O–H groups in total. The number of nitrogens with one attached hydrogen (secondary N) is 4. The molecule has 170 valence electrons. The fraction of sp³-hybridized carbons (Fsp3) is 0.500. The maximum absolute atomic E-state index is 12.8. The number of rotatable bonds is 12. The Hall–Kier alpha value is -2.86. The molecule has 0 bridgehead atoms. The fourth-order valence-electron chi connectivity index (χ4n) is 2.59. The summed E-state index contributed by atoms with van der Waals surface area (Å²) in [5.41, 5.74) is 0. The molecule has 0 spiro atoms. The van der Waals surface area contributed by atoms with Gasteiger partial charge >= 0.3 is 6.03 Å². The van der Waals surface area contributed by atoms with Crippen LogP contribution in [0.2, 0.25) is 0 Å². The first kappa shape index (κ1) is 26.2. The molecule has 1 aliphatic heterocycles. The number of hydrogen-bond donors (Lipinski definition) is 4. The first-order valence-electron chi connectivity index (χ1n) is 10.1. The largest absolute Gasteiger partial charge is 0.497 e. The summed E-state index contributed by atoms with van der Waals surface area (Å²) < 4.78 is 5.07. The van der Waals surface area contributed by atoms with Gasteiger partial charge in [-0.15, -0.1) is 17.7 Å². The molecule has 0 aromatic carbocycles. The van der Waals surface area contributed by atoms with Gasteiger partial charge in [0.1, 0.15) is 5.76 Å². The molecule has 31 heavy (non-hydrogen) atoms. The number of carbonyl (C=O) groups excluding carboxylic acids is 3. The van der Waals surface area contributed by atoms with Gasteiger partial charge in [0.25, 0.3) is 0 Å². The zero-order valence-electron chi connectivity index (χ0n) is 18.3. The van der Waals surface area contributed by atoms with Crippen molar-refractivity contribution in [3.05, 3.63) is 36.6 Å². The molecule has 0 radical (unpaired) electrons. The van der Waals surface area contributed by atoms with Crippen molar-refractivity contribution < 1.29 is 19.1 Å². The van der Waals surface area contributed by atoms with Gasteiger partial charge in [-0.3, -0.25) is 9.59 Å². The first-order valence-corrected chi connectivity index (χ1v) is 11.0. The highest BCUT2D eigenvalue weighted by Crippen LogP contribution is 2.27. The average Bonchev–Trinajstić information content (AvgIpc) is 2.76. The minimum Gasteiger partial charge on any atom is -0.497 e. The van der Waals surface area contributed by atoms with E-state index in [0.29, 0.717) is 25.3 Å². The lowest BCUT2D eigenvalue weighted by Crippen LogP contribution is -2.53. The van der Waals surface area contributed by atoms with E-state index in [2.05, 4.69) is 39.7 Å². The van der Waals surface area contributed by atoms with Crippen molar-refractivity contribution in [3.8, 4) is 11.8 Å². The summed E-state index contributed by atoms with van der Waals surface area (Å²) in [6.07, 6.45) is 7.41. The maximum Gasteiger partial charge on any atom is 0.315 e. The topological polar surface area (TPSA) is 109 Å². The Labute approximate surface area is 188 Å². The number of allylic oxidation sites excluding steroid dienone is 3. The molecular weight excluding hydrogens is 416 g/mol. The predicted molar refractivity (Wildman–Crippen MR) is 124 cm³/mol. The van der Waals surface area contributed by atoms with Crippen LogP contribution in [0.4, 0.5) is 4.79 Å². The van der Waals surface area contributed by atoms with E-state index in [1.54, 1.807) is 38.3 Å². The highest BCUT2D eigenvalue weighted by molar-refractivity contribution is 8.01. The zero-order valence-corrected chi connectivity index (χ0v) is 19.1. The van der Waals surface area contributed by atoms with Gasteiger partial charge in [0.05, 0.1) is 24.3 Å². The van der Waals surface area contributed by atoms with Crippen molar-refractivity contribution in [3.63, 3.8) is 0 Å². The quantitative estimate of drug-likeness (QED) is 0.206. The van der Waals surface area contributed by atoms with E-state index in [1.807, 2.05) is 6.92 Å². The van der Waals surface area contributed by atoms with E-state index in [-0.39, 0.29) is 42.1 Å². The second-order valence-electron chi connectivity index (χ2n) is 6.77. The molecule has 0 saturated carbocycles. The molecule has 1 aliphatic rings. The molecule has 1 saturated heterocycles. The monoisotopic (exact) mass is 448 g/mol. The van der Waals surface area contributed by atoms with Crippen LogP contribution in [0.5, 0.6) is 0 Å². The Balaban J connectivity index is 2.69. The molecule has 3 atom stereocenters. The maximum atomic E-state index is 12.8. The fourth-order valence-corrected chi connectivity index (χ4v) is 3.95. The second kappa shape index (κ2) is 15.0. The number of urea groups is 1. The standard InChI is InChI=1S/C22H32N4O4S/c1-5-7-13-23-19(27)12-11-18(31-21-16(3)15-25-22(29)26-21)20(28)24-14-9-8-10-17(6-2)30-4/h6,8-10,16,18,21H,2,11-15H2,1,3-4H3,(H,23,27)(H,24,28)(H2,25,26,29)/b9-8+,17-10+. The number of methoxy groups -OCH3 is 1. The molecule has 9 heteroatoms. The van der Waals surface area contributed by atoms with Crippen LogP contribution in [0.15, 0.2) is 36.6 Å².